The van der Waals surface area contributed by atoms with Gasteiger partial charge in [-0.1, -0.05) is 0 Å². The van der Waals surface area contributed by atoms with Crippen molar-refractivity contribution >= 4 is 19.8 Å². The number of hydrogen-bond acceptors (Lipinski definition) is 0. The van der Waals surface area contributed by atoms with Crippen molar-refractivity contribution in [3.8, 4) is 0 Å². The van der Waals surface area contributed by atoms with Crippen LogP contribution in [0.3, 0.4) is 0 Å². The molecule has 0 aliphatic rings. The standard InChI is InChI=1S/C11H24Ge/c1-4-6-7-9-12-10-8-11(3)5-2/h10-12H,4-9H2,1-3H3. The molecule has 0 aliphatic carbocycles. The number of unbranched alkanes of at least 4 members (excludes halogenated alkanes) is 2. The summed E-state index contributed by atoms with van der Waals surface area (Å²) in [7, 11) is 0. The third-order valence-corrected chi connectivity index (χ3v) is 5.20. The van der Waals surface area contributed by atoms with Crippen molar-refractivity contribution in [1.29, 1.82) is 0 Å². The quantitative estimate of drug-likeness (QED) is 0.464. The fraction of sp³-hybridized carbons (Fsp3) is 0.909. The van der Waals surface area contributed by atoms with Crippen LogP contribution in [-0.4, -0.2) is 19.8 Å². The first-order chi connectivity index (χ1) is 5.81. The van der Waals surface area contributed by atoms with Crippen molar-refractivity contribution in [2.24, 2.45) is 5.92 Å². The first-order valence-electron chi connectivity index (χ1n) is 5.46. The summed E-state index contributed by atoms with van der Waals surface area (Å²) in [6, 6.07) is 0. The zero-order valence-corrected chi connectivity index (χ0v) is 11.4. The molecule has 1 atom stereocenters. The zero-order valence-electron chi connectivity index (χ0n) is 8.97. The summed E-state index contributed by atoms with van der Waals surface area (Å²) in [6.07, 6.45) is 7.07. The van der Waals surface area contributed by atoms with E-state index in [2.05, 4.69) is 25.6 Å². The van der Waals surface area contributed by atoms with Gasteiger partial charge >= 0.3 is 83.9 Å². The van der Waals surface area contributed by atoms with Gasteiger partial charge in [0.15, 0.2) is 0 Å². The Morgan fingerprint density at radius 2 is 2.00 bits per heavy atom. The van der Waals surface area contributed by atoms with Crippen molar-refractivity contribution in [3.05, 3.63) is 0 Å². The third-order valence-electron chi connectivity index (χ3n) is 2.38. The summed E-state index contributed by atoms with van der Waals surface area (Å²) < 4.78 is 0. The molecular weight excluding hydrogens is 205 g/mol. The molecule has 0 radical (unpaired) electrons. The molecule has 0 saturated heterocycles. The summed E-state index contributed by atoms with van der Waals surface area (Å²) >= 11 is 0.0734. The summed E-state index contributed by atoms with van der Waals surface area (Å²) in [5.74, 6) is 0.938. The Morgan fingerprint density at radius 3 is 2.58 bits per heavy atom. The van der Waals surface area contributed by atoms with E-state index in [1.54, 1.807) is 5.25 Å². The fourth-order valence-corrected chi connectivity index (χ4v) is 4.10. The second-order valence-corrected chi connectivity index (χ2v) is 6.91. The Kier molecular flexibility index (Phi) is 9.83. The van der Waals surface area contributed by atoms with Crippen LogP contribution in [0.15, 0.2) is 0 Å². The predicted molar refractivity (Wildman–Crippen MR) is 61.6 cm³/mol. The third kappa shape index (κ3) is 8.51. The molecule has 0 spiro atoms. The molecule has 0 N–H and O–H groups in total. The molecule has 0 nitrogen and oxygen atoms in total. The van der Waals surface area contributed by atoms with Gasteiger partial charge in [-0.3, -0.25) is 0 Å². The van der Waals surface area contributed by atoms with Crippen molar-refractivity contribution in [2.75, 3.05) is 0 Å². The van der Waals surface area contributed by atoms with E-state index in [1.807, 2.05) is 0 Å². The van der Waals surface area contributed by atoms with Gasteiger partial charge in [0.2, 0.25) is 0 Å². The van der Waals surface area contributed by atoms with E-state index in [9.17, 15) is 0 Å². The molecule has 0 rings (SSSR count). The van der Waals surface area contributed by atoms with Gasteiger partial charge in [0.05, 0.1) is 0 Å². The van der Waals surface area contributed by atoms with Gasteiger partial charge in [0.25, 0.3) is 0 Å². The van der Waals surface area contributed by atoms with Crippen LogP contribution < -0.4 is 0 Å². The Hall–Kier alpha value is 0.413. The predicted octanol–water partition coefficient (Wildman–Crippen LogP) is 3.27. The molecule has 0 fully saturated rings. The SMILES string of the molecule is CCCC[CH2][GeH]=[CH]CC(C)CC. The van der Waals surface area contributed by atoms with Gasteiger partial charge in [0.1, 0.15) is 0 Å². The fourth-order valence-electron chi connectivity index (χ4n) is 1.13. The minimum absolute atomic E-state index is 0.0734. The van der Waals surface area contributed by atoms with Crippen LogP contribution in [0, 0.1) is 5.92 Å². The van der Waals surface area contributed by atoms with Crippen LogP contribution in [0.5, 0.6) is 0 Å². The molecule has 0 aromatic rings. The Bertz CT molecular complexity index is 108. The van der Waals surface area contributed by atoms with E-state index in [1.165, 1.54) is 32.1 Å². The van der Waals surface area contributed by atoms with Gasteiger partial charge < -0.3 is 0 Å². The summed E-state index contributed by atoms with van der Waals surface area (Å²) in [6.45, 7) is 6.94. The second-order valence-electron chi connectivity index (χ2n) is 3.72. The van der Waals surface area contributed by atoms with E-state index in [0.29, 0.717) is 0 Å². The monoisotopic (exact) mass is 230 g/mol. The van der Waals surface area contributed by atoms with Crippen molar-refractivity contribution in [2.45, 2.75) is 58.1 Å². The molecule has 0 amide bonds. The number of rotatable bonds is 7. The van der Waals surface area contributed by atoms with Gasteiger partial charge in [0, 0.05) is 0 Å². The molecule has 72 valence electrons. The minimum atomic E-state index is 0.0734. The van der Waals surface area contributed by atoms with Gasteiger partial charge in [-0.25, -0.2) is 0 Å². The molecule has 0 aromatic carbocycles. The topological polar surface area (TPSA) is 0 Å². The maximum absolute atomic E-state index is 2.63. The molecule has 12 heavy (non-hydrogen) atoms. The van der Waals surface area contributed by atoms with E-state index < -0.39 is 0 Å². The molecule has 1 unspecified atom stereocenters. The Labute approximate surface area is 84.1 Å². The molecule has 0 aliphatic heterocycles. The van der Waals surface area contributed by atoms with Crippen LogP contribution in [0.25, 0.3) is 0 Å². The van der Waals surface area contributed by atoms with Crippen molar-refractivity contribution in [3.63, 3.8) is 0 Å². The maximum atomic E-state index is 2.63. The molecule has 0 aromatic heterocycles. The first kappa shape index (κ1) is 12.4. The average molecular weight is 229 g/mol. The summed E-state index contributed by atoms with van der Waals surface area (Å²) in [4.78, 5) is 2.63. The Morgan fingerprint density at radius 1 is 1.25 bits per heavy atom. The van der Waals surface area contributed by atoms with E-state index in [0.717, 1.165) is 5.92 Å². The first-order valence-corrected chi connectivity index (χ1v) is 8.57. The van der Waals surface area contributed by atoms with Crippen molar-refractivity contribution in [1.82, 2.24) is 0 Å². The van der Waals surface area contributed by atoms with Gasteiger partial charge in [-0.05, 0) is 0 Å². The summed E-state index contributed by atoms with van der Waals surface area (Å²) in [5.41, 5.74) is 0. The van der Waals surface area contributed by atoms with Crippen LogP contribution in [0.4, 0.5) is 0 Å². The summed E-state index contributed by atoms with van der Waals surface area (Å²) in [5, 5.41) is 1.56. The number of hydrogen-bond donors (Lipinski definition) is 0. The normalized spacial score (nSPS) is 13.9. The molecule has 0 heterocycles. The average Bonchev–Trinajstić information content (AvgIpc) is 2.10. The van der Waals surface area contributed by atoms with Gasteiger partial charge in [-0.15, -0.1) is 0 Å². The van der Waals surface area contributed by atoms with Crippen molar-refractivity contribution < 1.29 is 0 Å². The van der Waals surface area contributed by atoms with Crippen LogP contribution in [-0.2, 0) is 0 Å². The van der Waals surface area contributed by atoms with Gasteiger partial charge in [-0.2, -0.15) is 0 Å². The molecule has 0 saturated carbocycles. The van der Waals surface area contributed by atoms with Crippen LogP contribution in [0.1, 0.15) is 52.9 Å². The second kappa shape index (κ2) is 9.50. The Balaban J connectivity index is 3.13. The molecular formula is C11H24Ge. The molecule has 0 bridgehead atoms. The molecule has 1 heteroatoms. The zero-order chi connectivity index (χ0) is 9.23. The van der Waals surface area contributed by atoms with E-state index >= 15 is 0 Å². The van der Waals surface area contributed by atoms with E-state index in [-0.39, 0.29) is 15.0 Å². The van der Waals surface area contributed by atoms with Crippen LogP contribution in [0.2, 0.25) is 5.25 Å². The van der Waals surface area contributed by atoms with Crippen LogP contribution >= 0.6 is 0 Å². The van der Waals surface area contributed by atoms with E-state index in [4.69, 9.17) is 0 Å².